The Morgan fingerprint density at radius 2 is 2.15 bits per heavy atom. The number of benzene rings is 1. The summed E-state index contributed by atoms with van der Waals surface area (Å²) in [6, 6.07) is 10.7. The van der Waals surface area contributed by atoms with Crippen molar-refractivity contribution >= 4 is 5.91 Å². The van der Waals surface area contributed by atoms with Crippen LogP contribution in [-0.2, 0) is 11.2 Å². The first kappa shape index (κ1) is 14.5. The number of hydrogen-bond donors (Lipinski definition) is 1. The number of allylic oxidation sites excluding steroid dienone is 3. The van der Waals surface area contributed by atoms with Crippen molar-refractivity contribution in [1.29, 1.82) is 0 Å². The van der Waals surface area contributed by atoms with Crippen LogP contribution in [0.2, 0.25) is 0 Å². The zero-order valence-electron chi connectivity index (χ0n) is 12.0. The Balaban J connectivity index is 1.90. The van der Waals surface area contributed by atoms with E-state index in [2.05, 4.69) is 29.6 Å². The van der Waals surface area contributed by atoms with Crippen LogP contribution in [0.1, 0.15) is 12.5 Å². The summed E-state index contributed by atoms with van der Waals surface area (Å²) in [4.78, 5) is 14.0. The van der Waals surface area contributed by atoms with E-state index in [0.29, 0.717) is 6.04 Å². The molecule has 1 unspecified atom stereocenters. The van der Waals surface area contributed by atoms with E-state index >= 15 is 0 Å². The van der Waals surface area contributed by atoms with Gasteiger partial charge in [0.2, 0.25) is 5.91 Å². The molecular weight excluding hydrogens is 248 g/mol. The second-order valence-corrected chi connectivity index (χ2v) is 5.01. The molecular formula is C17H22N2O. The van der Waals surface area contributed by atoms with Crippen LogP contribution in [0.25, 0.3) is 0 Å². The van der Waals surface area contributed by atoms with Gasteiger partial charge >= 0.3 is 0 Å². The number of nitrogens with zero attached hydrogens (tertiary/aromatic N) is 1. The van der Waals surface area contributed by atoms with Gasteiger partial charge in [-0.05, 0) is 18.9 Å². The molecule has 1 aliphatic rings. The van der Waals surface area contributed by atoms with Gasteiger partial charge in [-0.25, -0.2) is 0 Å². The van der Waals surface area contributed by atoms with E-state index in [1.54, 1.807) is 12.2 Å². The highest BCUT2D eigenvalue weighted by Crippen LogP contribution is 2.08. The lowest BCUT2D eigenvalue weighted by atomic mass is 10.0. The van der Waals surface area contributed by atoms with Crippen LogP contribution in [0.5, 0.6) is 0 Å². The zero-order chi connectivity index (χ0) is 14.2. The lowest BCUT2D eigenvalue weighted by Gasteiger charge is -2.33. The van der Waals surface area contributed by atoms with E-state index in [-0.39, 0.29) is 5.91 Å². The molecule has 1 amide bonds. The summed E-state index contributed by atoms with van der Waals surface area (Å²) in [7, 11) is 0. The maximum absolute atomic E-state index is 12.0. The monoisotopic (exact) mass is 270 g/mol. The molecule has 1 heterocycles. The number of carbonyl (C=O) groups is 1. The second-order valence-electron chi connectivity index (χ2n) is 5.01. The van der Waals surface area contributed by atoms with Crippen molar-refractivity contribution in [2.45, 2.75) is 19.4 Å². The molecule has 2 rings (SSSR count). The number of nitrogens with one attached hydrogen (secondary N) is 1. The standard InChI is InChI=1S/C17H22N2O/c1-2-3-5-10-17(20)19-12-11-18-16(14-19)13-15-8-6-4-7-9-15/h2-10,16,18H,11-14H2,1H3/b3-2+,10-5+. The Kier molecular flexibility index (Phi) is 5.56. The molecule has 0 radical (unpaired) electrons. The number of rotatable bonds is 4. The molecule has 0 saturated carbocycles. The molecule has 3 heteroatoms. The molecule has 0 spiro atoms. The quantitative estimate of drug-likeness (QED) is 0.672. The Morgan fingerprint density at radius 1 is 1.35 bits per heavy atom. The van der Waals surface area contributed by atoms with Crippen molar-refractivity contribution in [3.8, 4) is 0 Å². The molecule has 1 atom stereocenters. The molecule has 0 aliphatic carbocycles. The Bertz CT molecular complexity index is 479. The van der Waals surface area contributed by atoms with E-state index < -0.39 is 0 Å². The molecule has 1 aromatic rings. The van der Waals surface area contributed by atoms with E-state index in [0.717, 1.165) is 26.1 Å². The summed E-state index contributed by atoms with van der Waals surface area (Å²) >= 11 is 0. The minimum Gasteiger partial charge on any atom is -0.336 e. The van der Waals surface area contributed by atoms with Crippen molar-refractivity contribution in [1.82, 2.24) is 10.2 Å². The zero-order valence-corrected chi connectivity index (χ0v) is 12.0. The van der Waals surface area contributed by atoms with Gasteiger partial charge in [-0.2, -0.15) is 0 Å². The fourth-order valence-corrected chi connectivity index (χ4v) is 2.42. The van der Waals surface area contributed by atoms with Crippen molar-refractivity contribution < 1.29 is 4.79 Å². The molecule has 20 heavy (non-hydrogen) atoms. The Morgan fingerprint density at radius 3 is 2.90 bits per heavy atom. The maximum atomic E-state index is 12.0. The first-order valence-corrected chi connectivity index (χ1v) is 7.15. The molecule has 1 aliphatic heterocycles. The van der Waals surface area contributed by atoms with Crippen molar-refractivity contribution in [2.75, 3.05) is 19.6 Å². The number of hydrogen-bond acceptors (Lipinski definition) is 2. The summed E-state index contributed by atoms with van der Waals surface area (Å²) in [5, 5.41) is 3.49. The minimum atomic E-state index is 0.0997. The highest BCUT2D eigenvalue weighted by Gasteiger charge is 2.21. The fourth-order valence-electron chi connectivity index (χ4n) is 2.42. The van der Waals surface area contributed by atoms with Crippen LogP contribution >= 0.6 is 0 Å². The summed E-state index contributed by atoms with van der Waals surface area (Å²) < 4.78 is 0. The van der Waals surface area contributed by atoms with Gasteiger partial charge in [-0.1, -0.05) is 48.6 Å². The molecule has 1 fully saturated rings. The lowest BCUT2D eigenvalue weighted by Crippen LogP contribution is -2.53. The largest absolute Gasteiger partial charge is 0.336 e. The van der Waals surface area contributed by atoms with Crippen molar-refractivity contribution in [3.05, 3.63) is 60.2 Å². The van der Waals surface area contributed by atoms with E-state index in [4.69, 9.17) is 0 Å². The third-order valence-electron chi connectivity index (χ3n) is 3.43. The van der Waals surface area contributed by atoms with Gasteiger partial charge in [0, 0.05) is 31.8 Å². The third-order valence-corrected chi connectivity index (χ3v) is 3.43. The molecule has 1 saturated heterocycles. The van der Waals surface area contributed by atoms with Crippen LogP contribution in [0, 0.1) is 0 Å². The SMILES string of the molecule is C/C=C/C=C/C(=O)N1CCNC(Cc2ccccc2)C1. The fraction of sp³-hybridized carbons (Fsp3) is 0.353. The smallest absolute Gasteiger partial charge is 0.246 e. The molecule has 1 N–H and O–H groups in total. The number of carbonyl (C=O) groups excluding carboxylic acids is 1. The van der Waals surface area contributed by atoms with Gasteiger partial charge in [-0.3, -0.25) is 4.79 Å². The highest BCUT2D eigenvalue weighted by molar-refractivity contribution is 5.88. The summed E-state index contributed by atoms with van der Waals surface area (Å²) in [6.07, 6.45) is 8.20. The topological polar surface area (TPSA) is 32.3 Å². The molecule has 1 aromatic carbocycles. The maximum Gasteiger partial charge on any atom is 0.246 e. The predicted octanol–water partition coefficient (Wildman–Crippen LogP) is 2.16. The lowest BCUT2D eigenvalue weighted by molar-refractivity contribution is -0.127. The van der Waals surface area contributed by atoms with Gasteiger partial charge in [0.1, 0.15) is 0 Å². The first-order valence-electron chi connectivity index (χ1n) is 7.15. The number of piperazine rings is 1. The van der Waals surface area contributed by atoms with Gasteiger partial charge in [0.25, 0.3) is 0 Å². The predicted molar refractivity (Wildman–Crippen MR) is 82.5 cm³/mol. The summed E-state index contributed by atoms with van der Waals surface area (Å²) in [5.74, 6) is 0.0997. The van der Waals surface area contributed by atoms with Gasteiger partial charge in [0.15, 0.2) is 0 Å². The summed E-state index contributed by atoms with van der Waals surface area (Å²) in [6.45, 7) is 4.36. The first-order chi connectivity index (χ1) is 9.79. The van der Waals surface area contributed by atoms with Crippen LogP contribution in [0.15, 0.2) is 54.6 Å². The minimum absolute atomic E-state index is 0.0997. The summed E-state index contributed by atoms with van der Waals surface area (Å²) in [5.41, 5.74) is 1.31. The highest BCUT2D eigenvalue weighted by atomic mass is 16.2. The van der Waals surface area contributed by atoms with E-state index in [9.17, 15) is 4.79 Å². The normalized spacial score (nSPS) is 19.9. The van der Waals surface area contributed by atoms with Crippen LogP contribution in [-0.4, -0.2) is 36.5 Å². The molecule has 3 nitrogen and oxygen atoms in total. The van der Waals surface area contributed by atoms with Crippen LogP contribution in [0.4, 0.5) is 0 Å². The Hall–Kier alpha value is -1.87. The van der Waals surface area contributed by atoms with Crippen molar-refractivity contribution in [2.24, 2.45) is 0 Å². The van der Waals surface area contributed by atoms with E-state index in [1.165, 1.54) is 5.56 Å². The molecule has 0 bridgehead atoms. The van der Waals surface area contributed by atoms with Gasteiger partial charge in [-0.15, -0.1) is 0 Å². The average Bonchev–Trinajstić information content (AvgIpc) is 2.49. The average molecular weight is 270 g/mol. The molecule has 0 aromatic heterocycles. The third kappa shape index (κ3) is 4.35. The van der Waals surface area contributed by atoms with Crippen LogP contribution in [0.3, 0.4) is 0 Å². The second kappa shape index (κ2) is 7.65. The van der Waals surface area contributed by atoms with Crippen molar-refractivity contribution in [3.63, 3.8) is 0 Å². The van der Waals surface area contributed by atoms with Crippen LogP contribution < -0.4 is 5.32 Å². The Labute approximate surface area is 121 Å². The van der Waals surface area contributed by atoms with E-state index in [1.807, 2.05) is 30.0 Å². The molecule has 106 valence electrons. The number of amides is 1. The van der Waals surface area contributed by atoms with Gasteiger partial charge in [0.05, 0.1) is 0 Å². The van der Waals surface area contributed by atoms with Gasteiger partial charge < -0.3 is 10.2 Å².